The van der Waals surface area contributed by atoms with Gasteiger partial charge in [0.05, 0.1) is 0 Å². The minimum Gasteiger partial charge on any atom is -0.480 e. The van der Waals surface area contributed by atoms with E-state index in [0.29, 0.717) is 0 Å². The van der Waals surface area contributed by atoms with Crippen molar-refractivity contribution in [2.24, 2.45) is 5.73 Å². The standard InChI is InChI=1S/C10H17N3O6S/c11-5(10(18)19)1-2-7(14)13-6(4-20)9(17)12-3-8(15)16/h5-6,20H,1-4,11H2,(H,12,17)(H,13,14)(H,15,16)(H,18,19)/t5-,6-/m0/s1/i5+1,10+1,11+1. The van der Waals surface area contributed by atoms with Crippen LogP contribution in [-0.4, -0.2) is 58.3 Å². The fourth-order valence-electron chi connectivity index (χ4n) is 1.16. The third-order valence-electron chi connectivity index (χ3n) is 2.25. The molecule has 2 amide bonds. The Hall–Kier alpha value is -1.81. The number of hydrogen-bond donors (Lipinski definition) is 6. The largest absolute Gasteiger partial charge is 0.480 e. The third kappa shape index (κ3) is 7.59. The van der Waals surface area contributed by atoms with Crippen LogP contribution in [0.5, 0.6) is 0 Å². The molecule has 0 bridgehead atoms. The molecule has 0 aromatic rings. The van der Waals surface area contributed by atoms with Crippen molar-refractivity contribution < 1.29 is 29.4 Å². The summed E-state index contributed by atoms with van der Waals surface area (Å²) in [5.41, 5.74) is 5.23. The van der Waals surface area contributed by atoms with Crippen LogP contribution in [0.3, 0.4) is 0 Å². The highest BCUT2D eigenvalue weighted by Gasteiger charge is 2.20. The fourth-order valence-corrected chi connectivity index (χ4v) is 1.41. The number of carboxylic acid groups (broad SMARTS) is 2. The lowest BCUT2D eigenvalue weighted by Crippen LogP contribution is -2.49. The van der Waals surface area contributed by atoms with Gasteiger partial charge in [-0.15, -0.1) is 0 Å². The molecule has 0 aliphatic heterocycles. The molecule has 0 radical (unpaired) electrons. The SMILES string of the molecule is [15NH2][13C@@H](CCC(=O)N[C@@H](CS)C(=O)NCC(=O)O)[13C](=O)O. The summed E-state index contributed by atoms with van der Waals surface area (Å²) in [5.74, 6) is -3.70. The molecule has 0 unspecified atom stereocenters. The molecule has 114 valence electrons. The number of hydrogen-bond acceptors (Lipinski definition) is 6. The van der Waals surface area contributed by atoms with Gasteiger partial charge in [0.1, 0.15) is 18.6 Å². The third-order valence-corrected chi connectivity index (χ3v) is 2.61. The summed E-state index contributed by atoms with van der Waals surface area (Å²) >= 11 is 3.87. The summed E-state index contributed by atoms with van der Waals surface area (Å²) in [4.78, 5) is 43.7. The molecule has 0 heterocycles. The van der Waals surface area contributed by atoms with Crippen LogP contribution in [0.25, 0.3) is 0 Å². The molecule has 6 N–H and O–H groups in total. The quantitative estimate of drug-likeness (QED) is 0.160. The van der Waals surface area contributed by atoms with Crippen molar-refractivity contribution in [1.82, 2.24) is 10.6 Å². The van der Waals surface area contributed by atoms with E-state index in [1.165, 1.54) is 0 Å². The normalized spacial score (nSPS) is 13.1. The van der Waals surface area contributed by atoms with E-state index >= 15 is 0 Å². The molecule has 0 aliphatic carbocycles. The average molecular weight is 310 g/mol. The van der Waals surface area contributed by atoms with Crippen LogP contribution in [0.1, 0.15) is 12.8 Å². The van der Waals surface area contributed by atoms with Crippen molar-refractivity contribution >= 4 is 36.4 Å². The number of carboxylic acids is 2. The van der Waals surface area contributed by atoms with Crippen LogP contribution >= 0.6 is 12.6 Å². The highest BCUT2D eigenvalue weighted by atomic mass is 32.1. The Morgan fingerprint density at radius 2 is 1.80 bits per heavy atom. The Morgan fingerprint density at radius 3 is 2.25 bits per heavy atom. The van der Waals surface area contributed by atoms with Gasteiger partial charge in [-0.3, -0.25) is 19.2 Å². The van der Waals surface area contributed by atoms with Gasteiger partial charge in [0.15, 0.2) is 0 Å². The van der Waals surface area contributed by atoms with Gasteiger partial charge in [-0.25, -0.2) is 0 Å². The highest BCUT2D eigenvalue weighted by molar-refractivity contribution is 7.80. The van der Waals surface area contributed by atoms with E-state index in [2.05, 4.69) is 23.3 Å². The summed E-state index contributed by atoms with van der Waals surface area (Å²) in [6.07, 6.45) is -0.235. The zero-order chi connectivity index (χ0) is 15.7. The maximum absolute atomic E-state index is 11.5. The van der Waals surface area contributed by atoms with Crippen molar-refractivity contribution in [3.05, 3.63) is 0 Å². The van der Waals surface area contributed by atoms with Gasteiger partial charge in [-0.2, -0.15) is 12.6 Å². The summed E-state index contributed by atoms with van der Waals surface area (Å²) in [7, 11) is 0. The Labute approximate surface area is 120 Å². The molecule has 0 rings (SSSR count). The summed E-state index contributed by atoms with van der Waals surface area (Å²) < 4.78 is 0. The molecule has 20 heavy (non-hydrogen) atoms. The van der Waals surface area contributed by atoms with Crippen molar-refractivity contribution in [3.63, 3.8) is 0 Å². The number of carbonyl (C=O) groups is 4. The molecule has 10 heteroatoms. The maximum Gasteiger partial charge on any atom is 0.322 e. The molecule has 0 saturated heterocycles. The van der Waals surface area contributed by atoms with E-state index in [1.54, 1.807) is 0 Å². The molecule has 9 nitrogen and oxygen atoms in total. The van der Waals surface area contributed by atoms with Crippen LogP contribution in [0.15, 0.2) is 0 Å². The van der Waals surface area contributed by atoms with Gasteiger partial charge in [-0.05, 0) is 6.42 Å². The molecule has 2 atom stereocenters. The number of rotatable bonds is 9. The lowest BCUT2D eigenvalue weighted by molar-refractivity contribution is -0.139. The summed E-state index contributed by atoms with van der Waals surface area (Å²) in [6.45, 7) is -0.567. The molecular weight excluding hydrogens is 293 g/mol. The molecule has 0 aromatic heterocycles. The first-order valence-electron chi connectivity index (χ1n) is 5.66. The first-order chi connectivity index (χ1) is 9.27. The highest BCUT2D eigenvalue weighted by Crippen LogP contribution is 1.97. The summed E-state index contributed by atoms with van der Waals surface area (Å²) in [5, 5.41) is 21.4. The molecule has 0 aromatic carbocycles. The second kappa shape index (κ2) is 9.15. The minimum atomic E-state index is -1.22. The smallest absolute Gasteiger partial charge is 0.322 e. The van der Waals surface area contributed by atoms with Gasteiger partial charge in [0.25, 0.3) is 0 Å². The van der Waals surface area contributed by atoms with E-state index < -0.39 is 42.4 Å². The lowest BCUT2D eigenvalue weighted by atomic mass is 10.2. The van der Waals surface area contributed by atoms with E-state index in [4.69, 9.17) is 15.9 Å². The monoisotopic (exact) mass is 310 g/mol. The second-order valence-corrected chi connectivity index (χ2v) is 4.26. The lowest BCUT2D eigenvalue weighted by Gasteiger charge is -2.16. The van der Waals surface area contributed by atoms with Crippen molar-refractivity contribution in [3.8, 4) is 0 Å². The van der Waals surface area contributed by atoms with Crippen molar-refractivity contribution in [2.45, 2.75) is 24.9 Å². The van der Waals surface area contributed by atoms with Crippen LogP contribution < -0.4 is 16.4 Å². The van der Waals surface area contributed by atoms with E-state index in [0.717, 1.165) is 0 Å². The number of nitrogens with two attached hydrogens (primary N) is 1. The Morgan fingerprint density at radius 1 is 1.20 bits per heavy atom. The van der Waals surface area contributed by atoms with E-state index in [1.807, 2.05) is 0 Å². The van der Waals surface area contributed by atoms with Crippen molar-refractivity contribution in [1.29, 1.82) is 0 Å². The predicted molar refractivity (Wildman–Crippen MR) is 71.3 cm³/mol. The molecule has 0 fully saturated rings. The molecule has 0 saturated carbocycles. The van der Waals surface area contributed by atoms with Crippen molar-refractivity contribution in [2.75, 3.05) is 12.3 Å². The Bertz CT molecular complexity index is 389. The second-order valence-electron chi connectivity index (χ2n) is 3.90. The maximum atomic E-state index is 11.5. The molecule has 0 spiro atoms. The zero-order valence-electron chi connectivity index (χ0n) is 10.5. The van der Waals surface area contributed by atoms with Crippen LogP contribution in [-0.2, 0) is 19.2 Å². The fraction of sp³-hybridized carbons (Fsp3) is 0.600. The Kier molecular flexibility index (Phi) is 8.32. The molecule has 0 aliphatic rings. The minimum absolute atomic E-state index is 0.0256. The van der Waals surface area contributed by atoms with Gasteiger partial charge in [-0.1, -0.05) is 0 Å². The predicted octanol–water partition coefficient (Wildman–Crippen LogP) is -2.21. The average Bonchev–Trinajstić information content (AvgIpc) is 2.38. The van der Waals surface area contributed by atoms with Gasteiger partial charge in [0.2, 0.25) is 11.8 Å². The number of nitrogens with one attached hydrogen (secondary N) is 2. The van der Waals surface area contributed by atoms with Crippen LogP contribution in [0, 0.1) is 0 Å². The topological polar surface area (TPSA) is 159 Å². The summed E-state index contributed by atoms with van der Waals surface area (Å²) in [6, 6.07) is -2.15. The number of amides is 2. The van der Waals surface area contributed by atoms with Crippen LogP contribution in [0.4, 0.5) is 0 Å². The first-order valence-corrected chi connectivity index (χ1v) is 6.29. The van der Waals surface area contributed by atoms with E-state index in [-0.39, 0.29) is 18.6 Å². The van der Waals surface area contributed by atoms with Crippen LogP contribution in [0.2, 0.25) is 0 Å². The number of thiol groups is 1. The number of aliphatic carboxylic acids is 2. The molecular formula is C10H17N3O6S. The number of carbonyl (C=O) groups excluding carboxylic acids is 2. The van der Waals surface area contributed by atoms with Gasteiger partial charge < -0.3 is 26.6 Å². The van der Waals surface area contributed by atoms with E-state index in [9.17, 15) is 19.2 Å². The van der Waals surface area contributed by atoms with Gasteiger partial charge in [0, 0.05) is 12.2 Å². The van der Waals surface area contributed by atoms with Gasteiger partial charge >= 0.3 is 11.9 Å². The first kappa shape index (κ1) is 18.2. The zero-order valence-corrected chi connectivity index (χ0v) is 11.4. The Balaban J connectivity index is 4.21.